The maximum Gasteiger partial charge on any atom is 0.0669 e. The van der Waals surface area contributed by atoms with Crippen LogP contribution in [0.2, 0.25) is 0 Å². The van der Waals surface area contributed by atoms with Crippen molar-refractivity contribution in [2.24, 2.45) is 0 Å². The number of hydrogen-bond acceptors (Lipinski definition) is 3. The van der Waals surface area contributed by atoms with Crippen molar-refractivity contribution >= 4 is 11.8 Å². The van der Waals surface area contributed by atoms with Crippen LogP contribution < -0.4 is 5.32 Å². The molecule has 0 radical (unpaired) electrons. The Hall–Kier alpha value is -0.510. The summed E-state index contributed by atoms with van der Waals surface area (Å²) in [5.41, 5.74) is 1.38. The lowest BCUT2D eigenvalue weighted by atomic mass is 10.1. The number of ether oxygens (including phenoxy) is 1. The average molecular weight is 279 g/mol. The first kappa shape index (κ1) is 14.9. The predicted octanol–water partition coefficient (Wildman–Crippen LogP) is 4.02. The molecule has 1 N–H and O–H groups in total. The van der Waals surface area contributed by atoms with Crippen LogP contribution in [0.3, 0.4) is 0 Å². The molecule has 1 heterocycles. The third-order valence-corrected chi connectivity index (χ3v) is 4.64. The van der Waals surface area contributed by atoms with E-state index in [0.29, 0.717) is 12.1 Å². The lowest BCUT2D eigenvalue weighted by Crippen LogP contribution is -2.19. The summed E-state index contributed by atoms with van der Waals surface area (Å²) in [5.74, 6) is 1.08. The third kappa shape index (κ3) is 4.83. The first-order valence-electron chi connectivity index (χ1n) is 7.37. The van der Waals surface area contributed by atoms with E-state index in [1.807, 2.05) is 11.8 Å². The molecule has 1 aliphatic rings. The second-order valence-corrected chi connectivity index (χ2v) is 6.29. The Balaban J connectivity index is 1.86. The van der Waals surface area contributed by atoms with Gasteiger partial charge in [-0.3, -0.25) is 0 Å². The van der Waals surface area contributed by atoms with Crippen LogP contribution in [-0.2, 0) is 4.74 Å². The Bertz CT molecular complexity index is 377. The molecule has 0 saturated carbocycles. The second kappa shape index (κ2) is 7.93. The lowest BCUT2D eigenvalue weighted by Gasteiger charge is -2.15. The van der Waals surface area contributed by atoms with Gasteiger partial charge >= 0.3 is 0 Å². The molecule has 106 valence electrons. The molecule has 1 fully saturated rings. The highest BCUT2D eigenvalue weighted by atomic mass is 32.2. The monoisotopic (exact) mass is 279 g/mol. The fourth-order valence-corrected chi connectivity index (χ4v) is 3.35. The molecule has 1 aliphatic heterocycles. The van der Waals surface area contributed by atoms with Gasteiger partial charge in [0.25, 0.3) is 0 Å². The van der Waals surface area contributed by atoms with Gasteiger partial charge in [0.2, 0.25) is 0 Å². The van der Waals surface area contributed by atoms with E-state index in [1.54, 1.807) is 0 Å². The van der Waals surface area contributed by atoms with Gasteiger partial charge in [0.15, 0.2) is 0 Å². The van der Waals surface area contributed by atoms with E-state index in [0.717, 1.165) is 18.9 Å². The average Bonchev–Trinajstić information content (AvgIpc) is 2.96. The molecule has 3 heteroatoms. The summed E-state index contributed by atoms with van der Waals surface area (Å²) in [7, 11) is 0. The highest BCUT2D eigenvalue weighted by molar-refractivity contribution is 7.99. The van der Waals surface area contributed by atoms with Crippen molar-refractivity contribution in [3.8, 4) is 0 Å². The molecular formula is C16H25NOS. The summed E-state index contributed by atoms with van der Waals surface area (Å²) in [6.07, 6.45) is 4.09. The van der Waals surface area contributed by atoms with Crippen molar-refractivity contribution in [3.05, 3.63) is 29.8 Å². The van der Waals surface area contributed by atoms with Gasteiger partial charge in [0.1, 0.15) is 0 Å². The van der Waals surface area contributed by atoms with Crippen LogP contribution >= 0.6 is 11.8 Å². The van der Waals surface area contributed by atoms with E-state index in [-0.39, 0.29) is 0 Å². The molecule has 19 heavy (non-hydrogen) atoms. The largest absolute Gasteiger partial charge is 0.377 e. The summed E-state index contributed by atoms with van der Waals surface area (Å²) in [4.78, 5) is 1.36. The fraction of sp³-hybridized carbons (Fsp3) is 0.625. The lowest BCUT2D eigenvalue weighted by molar-refractivity contribution is 0.129. The van der Waals surface area contributed by atoms with E-state index >= 15 is 0 Å². The summed E-state index contributed by atoms with van der Waals surface area (Å²) in [6, 6.07) is 9.33. The maximum absolute atomic E-state index is 5.67. The van der Waals surface area contributed by atoms with Crippen LogP contribution in [0.25, 0.3) is 0 Å². The first-order valence-corrected chi connectivity index (χ1v) is 8.36. The molecule has 1 aromatic rings. The van der Waals surface area contributed by atoms with Crippen LogP contribution in [0.15, 0.2) is 29.2 Å². The van der Waals surface area contributed by atoms with Gasteiger partial charge in [-0.15, -0.1) is 11.8 Å². The van der Waals surface area contributed by atoms with Crippen molar-refractivity contribution in [1.29, 1.82) is 0 Å². The Morgan fingerprint density at radius 3 is 3.11 bits per heavy atom. The minimum Gasteiger partial charge on any atom is -0.377 e. The molecule has 0 aliphatic carbocycles. The van der Waals surface area contributed by atoms with Gasteiger partial charge < -0.3 is 10.1 Å². The molecule has 2 unspecified atom stereocenters. The molecular weight excluding hydrogens is 254 g/mol. The summed E-state index contributed by atoms with van der Waals surface area (Å²) in [5, 5.41) is 3.54. The second-order valence-electron chi connectivity index (χ2n) is 5.19. The molecule has 1 aromatic carbocycles. The van der Waals surface area contributed by atoms with E-state index < -0.39 is 0 Å². The van der Waals surface area contributed by atoms with E-state index in [9.17, 15) is 0 Å². The van der Waals surface area contributed by atoms with Crippen LogP contribution in [0.5, 0.6) is 0 Å². The highest BCUT2D eigenvalue weighted by Gasteiger charge is 2.15. The first-order chi connectivity index (χ1) is 9.29. The van der Waals surface area contributed by atoms with Crippen molar-refractivity contribution in [3.63, 3.8) is 0 Å². The predicted molar refractivity (Wildman–Crippen MR) is 82.8 cm³/mol. The maximum atomic E-state index is 5.67. The van der Waals surface area contributed by atoms with Crippen LogP contribution in [0, 0.1) is 0 Å². The minimum absolute atomic E-state index is 0.434. The topological polar surface area (TPSA) is 21.3 Å². The SMILES string of the molecule is CCCNC(C)c1cccc(SCC2CCCO2)c1. The Labute approximate surface area is 121 Å². The Morgan fingerprint density at radius 1 is 1.47 bits per heavy atom. The zero-order valence-corrected chi connectivity index (χ0v) is 12.8. The molecule has 0 bridgehead atoms. The number of rotatable bonds is 7. The van der Waals surface area contributed by atoms with Gasteiger partial charge in [-0.25, -0.2) is 0 Å². The molecule has 0 aromatic heterocycles. The van der Waals surface area contributed by atoms with Crippen molar-refractivity contribution in [2.75, 3.05) is 18.9 Å². The van der Waals surface area contributed by atoms with Gasteiger partial charge in [-0.2, -0.15) is 0 Å². The molecule has 2 rings (SSSR count). The Kier molecular flexibility index (Phi) is 6.21. The number of nitrogens with one attached hydrogen (secondary N) is 1. The molecule has 2 atom stereocenters. The zero-order chi connectivity index (χ0) is 13.5. The van der Waals surface area contributed by atoms with E-state index in [2.05, 4.69) is 43.4 Å². The molecule has 1 saturated heterocycles. The van der Waals surface area contributed by atoms with Crippen molar-refractivity contribution in [2.45, 2.75) is 50.2 Å². The van der Waals surface area contributed by atoms with Gasteiger partial charge in [-0.1, -0.05) is 19.1 Å². The quantitative estimate of drug-likeness (QED) is 0.762. The zero-order valence-electron chi connectivity index (χ0n) is 12.0. The molecule has 0 amide bonds. The number of hydrogen-bond donors (Lipinski definition) is 1. The smallest absolute Gasteiger partial charge is 0.0669 e. The van der Waals surface area contributed by atoms with Crippen molar-refractivity contribution in [1.82, 2.24) is 5.32 Å². The third-order valence-electron chi connectivity index (χ3n) is 3.52. The molecule has 2 nitrogen and oxygen atoms in total. The van der Waals surface area contributed by atoms with Gasteiger partial charge in [0, 0.05) is 23.3 Å². The normalized spacial score (nSPS) is 20.6. The van der Waals surface area contributed by atoms with Gasteiger partial charge in [-0.05, 0) is 50.4 Å². The van der Waals surface area contributed by atoms with E-state index in [4.69, 9.17) is 4.74 Å². The summed E-state index contributed by atoms with van der Waals surface area (Å²) >= 11 is 1.92. The van der Waals surface area contributed by atoms with E-state index in [1.165, 1.54) is 29.7 Å². The number of thioether (sulfide) groups is 1. The highest BCUT2D eigenvalue weighted by Crippen LogP contribution is 2.26. The minimum atomic E-state index is 0.434. The fourth-order valence-electron chi connectivity index (χ4n) is 2.32. The number of benzene rings is 1. The molecule has 0 spiro atoms. The standard InChI is InChI=1S/C16H25NOS/c1-3-9-17-13(2)14-6-4-8-16(11-14)19-12-15-7-5-10-18-15/h4,6,8,11,13,15,17H,3,5,7,9-10,12H2,1-2H3. The van der Waals surface area contributed by atoms with Crippen LogP contribution in [-0.4, -0.2) is 25.0 Å². The van der Waals surface area contributed by atoms with Crippen LogP contribution in [0.1, 0.15) is 44.7 Å². The van der Waals surface area contributed by atoms with Crippen LogP contribution in [0.4, 0.5) is 0 Å². The summed E-state index contributed by atoms with van der Waals surface area (Å²) < 4.78 is 5.67. The summed E-state index contributed by atoms with van der Waals surface area (Å²) in [6.45, 7) is 6.46. The van der Waals surface area contributed by atoms with Crippen molar-refractivity contribution < 1.29 is 4.74 Å². The van der Waals surface area contributed by atoms with Gasteiger partial charge in [0.05, 0.1) is 6.10 Å². The Morgan fingerprint density at radius 2 is 2.37 bits per heavy atom.